The molecular weight excluding hydrogens is 266 g/mol. The van der Waals surface area contributed by atoms with Gasteiger partial charge < -0.3 is 14.8 Å². The number of nitrogens with one attached hydrogen (secondary N) is 1. The van der Waals surface area contributed by atoms with E-state index in [0.717, 1.165) is 37.1 Å². The zero-order valence-corrected chi connectivity index (χ0v) is 13.1. The third kappa shape index (κ3) is 4.21. The molecule has 0 spiro atoms. The van der Waals surface area contributed by atoms with Gasteiger partial charge in [0.1, 0.15) is 18.5 Å². The second-order valence-electron chi connectivity index (χ2n) is 5.74. The molecule has 1 aliphatic heterocycles. The van der Waals surface area contributed by atoms with Gasteiger partial charge in [-0.2, -0.15) is 0 Å². The monoisotopic (exact) mass is 291 g/mol. The van der Waals surface area contributed by atoms with Gasteiger partial charge in [0, 0.05) is 18.2 Å². The summed E-state index contributed by atoms with van der Waals surface area (Å²) in [5, 5.41) is 3.29. The van der Waals surface area contributed by atoms with Crippen LogP contribution in [0.25, 0.3) is 0 Å². The Morgan fingerprint density at radius 1 is 1.38 bits per heavy atom. The van der Waals surface area contributed by atoms with E-state index in [4.69, 9.17) is 9.47 Å². The maximum Gasteiger partial charge on any atom is 0.339 e. The van der Waals surface area contributed by atoms with Crippen molar-refractivity contribution in [2.75, 3.05) is 13.2 Å². The molecule has 0 bridgehead atoms. The van der Waals surface area contributed by atoms with E-state index in [2.05, 4.69) is 26.1 Å². The maximum atomic E-state index is 11.9. The van der Waals surface area contributed by atoms with Crippen molar-refractivity contribution in [3.05, 3.63) is 29.3 Å². The summed E-state index contributed by atoms with van der Waals surface area (Å²) >= 11 is 0. The van der Waals surface area contributed by atoms with E-state index in [-0.39, 0.29) is 12.1 Å². The normalized spacial score (nSPS) is 17.0. The van der Waals surface area contributed by atoms with E-state index < -0.39 is 0 Å². The highest BCUT2D eigenvalue weighted by Crippen LogP contribution is 2.36. The second kappa shape index (κ2) is 7.46. The molecule has 0 radical (unpaired) electrons. The van der Waals surface area contributed by atoms with Crippen LogP contribution >= 0.6 is 0 Å². The first kappa shape index (κ1) is 15.8. The van der Waals surface area contributed by atoms with E-state index >= 15 is 0 Å². The minimum Gasteiger partial charge on any atom is -0.492 e. The van der Waals surface area contributed by atoms with Crippen molar-refractivity contribution in [3.8, 4) is 5.75 Å². The maximum absolute atomic E-state index is 11.9. The van der Waals surface area contributed by atoms with E-state index in [0.29, 0.717) is 18.2 Å². The van der Waals surface area contributed by atoms with Crippen molar-refractivity contribution >= 4 is 5.97 Å². The minimum atomic E-state index is -0.225. The molecule has 116 valence electrons. The fourth-order valence-corrected chi connectivity index (χ4v) is 2.46. The number of hydrogen-bond acceptors (Lipinski definition) is 4. The van der Waals surface area contributed by atoms with Gasteiger partial charge in [-0.1, -0.05) is 33.3 Å². The molecule has 0 aliphatic carbocycles. The topological polar surface area (TPSA) is 47.6 Å². The molecule has 4 heteroatoms. The number of ether oxygens (including phenoxy) is 2. The summed E-state index contributed by atoms with van der Waals surface area (Å²) < 4.78 is 11.1. The van der Waals surface area contributed by atoms with E-state index in [9.17, 15) is 4.79 Å². The Balaban J connectivity index is 1.96. The van der Waals surface area contributed by atoms with Crippen LogP contribution in [0.4, 0.5) is 0 Å². The summed E-state index contributed by atoms with van der Waals surface area (Å²) in [5.41, 5.74) is 1.66. The summed E-state index contributed by atoms with van der Waals surface area (Å²) in [4.78, 5) is 11.9. The predicted molar refractivity (Wildman–Crippen MR) is 82.8 cm³/mol. The van der Waals surface area contributed by atoms with E-state index in [1.807, 2.05) is 12.1 Å². The molecule has 0 saturated carbocycles. The Bertz CT molecular complexity index is 485. The highest BCUT2D eigenvalue weighted by Gasteiger charge is 2.30. The van der Waals surface area contributed by atoms with Gasteiger partial charge in [0.25, 0.3) is 0 Å². The van der Waals surface area contributed by atoms with Crippen LogP contribution < -0.4 is 10.1 Å². The van der Waals surface area contributed by atoms with Crippen LogP contribution in [-0.2, 0) is 4.74 Å². The number of hydrogen-bond donors (Lipinski definition) is 1. The van der Waals surface area contributed by atoms with E-state index in [1.165, 1.54) is 0 Å². The van der Waals surface area contributed by atoms with Crippen LogP contribution in [0.2, 0.25) is 0 Å². The summed E-state index contributed by atoms with van der Waals surface area (Å²) in [7, 11) is 0. The Kier molecular flexibility index (Phi) is 5.62. The number of carbonyl (C=O) groups excluding carboxylic acids is 1. The molecule has 1 aromatic carbocycles. The Hall–Kier alpha value is -1.55. The molecule has 1 N–H and O–H groups in total. The van der Waals surface area contributed by atoms with Gasteiger partial charge in [0.2, 0.25) is 0 Å². The molecule has 1 heterocycles. The molecule has 0 saturated heterocycles. The fourth-order valence-electron chi connectivity index (χ4n) is 2.46. The van der Waals surface area contributed by atoms with Crippen LogP contribution in [0.1, 0.15) is 62.1 Å². The highest BCUT2D eigenvalue weighted by molar-refractivity contribution is 5.94. The molecular formula is C17H25NO3. The lowest BCUT2D eigenvalue weighted by atomic mass is 10.0. The van der Waals surface area contributed by atoms with Gasteiger partial charge in [-0.15, -0.1) is 0 Å². The largest absolute Gasteiger partial charge is 0.492 e. The number of cyclic esters (lactones) is 1. The van der Waals surface area contributed by atoms with Crippen molar-refractivity contribution in [1.82, 2.24) is 5.32 Å². The first-order valence-corrected chi connectivity index (χ1v) is 7.83. The lowest BCUT2D eigenvalue weighted by molar-refractivity contribution is 0.0364. The molecule has 0 aromatic heterocycles. The number of fused-ring (bicyclic) bond motifs is 1. The van der Waals surface area contributed by atoms with E-state index in [1.54, 1.807) is 6.07 Å². The van der Waals surface area contributed by atoms with Crippen LogP contribution in [0, 0.1) is 0 Å². The number of carbonyl (C=O) groups is 1. The predicted octanol–water partition coefficient (Wildman–Crippen LogP) is 3.47. The molecule has 1 unspecified atom stereocenters. The van der Waals surface area contributed by atoms with Gasteiger partial charge in [0.15, 0.2) is 0 Å². The van der Waals surface area contributed by atoms with Gasteiger partial charge >= 0.3 is 5.97 Å². The van der Waals surface area contributed by atoms with Crippen molar-refractivity contribution < 1.29 is 14.3 Å². The van der Waals surface area contributed by atoms with Crippen LogP contribution in [0.5, 0.6) is 5.75 Å². The lowest BCUT2D eigenvalue weighted by Gasteiger charge is -2.11. The van der Waals surface area contributed by atoms with Gasteiger partial charge in [-0.25, -0.2) is 4.79 Å². The lowest BCUT2D eigenvalue weighted by Crippen LogP contribution is -2.27. The third-order valence-electron chi connectivity index (χ3n) is 3.58. The zero-order chi connectivity index (χ0) is 15.2. The van der Waals surface area contributed by atoms with Crippen LogP contribution in [-0.4, -0.2) is 25.2 Å². The number of rotatable bonds is 8. The highest BCUT2D eigenvalue weighted by atomic mass is 16.5. The number of benzene rings is 1. The minimum absolute atomic E-state index is 0.0795. The molecule has 2 rings (SSSR count). The second-order valence-corrected chi connectivity index (χ2v) is 5.74. The summed E-state index contributed by atoms with van der Waals surface area (Å²) in [6.07, 6.45) is 2.99. The van der Waals surface area contributed by atoms with Crippen molar-refractivity contribution in [2.24, 2.45) is 0 Å². The first-order chi connectivity index (χ1) is 10.1. The molecule has 1 atom stereocenters. The van der Waals surface area contributed by atoms with Gasteiger partial charge in [-0.3, -0.25) is 0 Å². The zero-order valence-electron chi connectivity index (χ0n) is 13.1. The SMILES string of the molecule is CCCCC1OC(=O)c2cc(OCCNC(C)C)ccc21. The Morgan fingerprint density at radius 3 is 2.90 bits per heavy atom. The summed E-state index contributed by atoms with van der Waals surface area (Å²) in [6, 6.07) is 6.14. The van der Waals surface area contributed by atoms with Crippen LogP contribution in [0.3, 0.4) is 0 Å². The Morgan fingerprint density at radius 2 is 2.19 bits per heavy atom. The van der Waals surface area contributed by atoms with Crippen LogP contribution in [0.15, 0.2) is 18.2 Å². The van der Waals surface area contributed by atoms with Crippen molar-refractivity contribution in [3.63, 3.8) is 0 Å². The van der Waals surface area contributed by atoms with Crippen molar-refractivity contribution in [2.45, 2.75) is 52.2 Å². The molecule has 4 nitrogen and oxygen atoms in total. The molecule has 1 aromatic rings. The smallest absolute Gasteiger partial charge is 0.339 e. The van der Waals surface area contributed by atoms with Crippen molar-refractivity contribution in [1.29, 1.82) is 0 Å². The Labute approximate surface area is 126 Å². The summed E-state index contributed by atoms with van der Waals surface area (Å²) in [5.74, 6) is 0.504. The quantitative estimate of drug-likeness (QED) is 0.588. The number of esters is 1. The third-order valence-corrected chi connectivity index (χ3v) is 3.58. The fraction of sp³-hybridized carbons (Fsp3) is 0.588. The molecule has 0 fully saturated rings. The van der Waals surface area contributed by atoms with Gasteiger partial charge in [0.05, 0.1) is 5.56 Å². The summed E-state index contributed by atoms with van der Waals surface area (Å²) in [6.45, 7) is 7.72. The molecule has 0 amide bonds. The first-order valence-electron chi connectivity index (χ1n) is 7.83. The standard InChI is InChI=1S/C17H25NO3/c1-4-5-6-16-14-8-7-13(11-15(14)17(19)21-16)20-10-9-18-12(2)3/h7-8,11-12,16,18H,4-6,9-10H2,1-3H3. The molecule has 1 aliphatic rings. The average Bonchev–Trinajstić information content (AvgIpc) is 2.77. The average molecular weight is 291 g/mol. The molecule has 21 heavy (non-hydrogen) atoms. The van der Waals surface area contributed by atoms with Gasteiger partial charge in [-0.05, 0) is 25.0 Å². The number of unbranched alkanes of at least 4 members (excludes halogenated alkanes) is 1.